The first-order chi connectivity index (χ1) is 19.7. The molecule has 1 aromatic carbocycles. The standard InChI is InChI=1S/C31H30N8O/c32-12-24(13-33)31-27(10-23(14-37-31)21-4-7-40-8-5-21)29-15-36-30(16-35-29)38-18-25-11-26(19-38)39(25)17-20-1-2-28-22(9-20)3-6-34-28/h1-4,6,9-10,12,14-16,25-26,32,34,37H,5,7-8,11,17-19H2/b31-24+,32-12?. The van der Waals surface area contributed by atoms with Gasteiger partial charge in [-0.2, -0.15) is 5.26 Å². The normalized spacial score (nSPS) is 23.8. The molecule has 2 atom stereocenters. The van der Waals surface area contributed by atoms with E-state index in [-0.39, 0.29) is 5.57 Å². The molecule has 3 fully saturated rings. The molecule has 0 amide bonds. The topological polar surface area (TPSA) is 117 Å². The fourth-order valence-corrected chi connectivity index (χ4v) is 6.22. The molecule has 9 heteroatoms. The average molecular weight is 531 g/mol. The van der Waals surface area contributed by atoms with Gasteiger partial charge in [0.15, 0.2) is 0 Å². The minimum atomic E-state index is 0.250. The van der Waals surface area contributed by atoms with Gasteiger partial charge in [-0.1, -0.05) is 12.1 Å². The number of piperazine rings is 1. The zero-order valence-electron chi connectivity index (χ0n) is 22.1. The summed E-state index contributed by atoms with van der Waals surface area (Å²) in [6.45, 7) is 4.11. The van der Waals surface area contributed by atoms with Gasteiger partial charge in [-0.05, 0) is 59.2 Å². The Balaban J connectivity index is 1.08. The molecule has 0 aliphatic carbocycles. The van der Waals surface area contributed by atoms with Gasteiger partial charge in [0.1, 0.15) is 11.9 Å². The van der Waals surface area contributed by atoms with Crippen molar-refractivity contribution in [2.24, 2.45) is 0 Å². The third-order valence-electron chi connectivity index (χ3n) is 8.37. The number of benzene rings is 1. The molecule has 2 unspecified atom stereocenters. The third-order valence-corrected chi connectivity index (χ3v) is 8.37. The van der Waals surface area contributed by atoms with Gasteiger partial charge in [-0.25, -0.2) is 4.98 Å². The zero-order chi connectivity index (χ0) is 27.1. The van der Waals surface area contributed by atoms with Crippen molar-refractivity contribution < 1.29 is 4.74 Å². The monoisotopic (exact) mass is 530 g/mol. The van der Waals surface area contributed by atoms with Crippen molar-refractivity contribution in [3.8, 4) is 6.07 Å². The summed E-state index contributed by atoms with van der Waals surface area (Å²) in [7, 11) is 0. The predicted molar refractivity (Wildman–Crippen MR) is 154 cm³/mol. The summed E-state index contributed by atoms with van der Waals surface area (Å²) in [5.41, 5.74) is 7.00. The SMILES string of the molecule is N#C/C(C=N)=C1/NC=C(C2=CCOCC2)C=C1c1cnc(N2CC3CC(C2)N3Cc2ccc3[nH]ccc3c2)cn1. The van der Waals surface area contributed by atoms with Gasteiger partial charge in [-0.3, -0.25) is 9.88 Å². The Labute approximate surface area is 232 Å². The number of ether oxygens (including phenoxy) is 1. The Kier molecular flexibility index (Phi) is 6.27. The Morgan fingerprint density at radius 1 is 1.20 bits per heavy atom. The van der Waals surface area contributed by atoms with Crippen molar-refractivity contribution >= 4 is 28.5 Å². The van der Waals surface area contributed by atoms with Crippen LogP contribution in [0.4, 0.5) is 5.82 Å². The number of nitrogens with one attached hydrogen (secondary N) is 3. The van der Waals surface area contributed by atoms with Gasteiger partial charge in [0.25, 0.3) is 0 Å². The van der Waals surface area contributed by atoms with Gasteiger partial charge >= 0.3 is 0 Å². The predicted octanol–water partition coefficient (Wildman–Crippen LogP) is 4.07. The first-order valence-corrected chi connectivity index (χ1v) is 13.7. The summed E-state index contributed by atoms with van der Waals surface area (Å²) in [6.07, 6.45) is 14.7. The molecule has 7 heterocycles. The van der Waals surface area contributed by atoms with E-state index in [1.165, 1.54) is 28.5 Å². The van der Waals surface area contributed by atoms with Crippen LogP contribution in [0.5, 0.6) is 0 Å². The molecule has 8 rings (SSSR count). The van der Waals surface area contributed by atoms with Gasteiger partial charge in [-0.15, -0.1) is 0 Å². The average Bonchev–Trinajstić information content (AvgIpc) is 3.49. The van der Waals surface area contributed by atoms with Crippen LogP contribution in [-0.2, 0) is 11.3 Å². The Bertz CT molecular complexity index is 1630. The van der Waals surface area contributed by atoms with Crippen molar-refractivity contribution in [1.29, 1.82) is 10.7 Å². The van der Waals surface area contributed by atoms with Gasteiger partial charge in [0, 0.05) is 61.4 Å². The van der Waals surface area contributed by atoms with Gasteiger partial charge < -0.3 is 25.3 Å². The number of dihydropyridines is 1. The molecule has 5 aliphatic rings. The van der Waals surface area contributed by atoms with Crippen LogP contribution in [0.3, 0.4) is 0 Å². The summed E-state index contributed by atoms with van der Waals surface area (Å²) in [6, 6.07) is 11.9. The van der Waals surface area contributed by atoms with E-state index in [0.717, 1.165) is 49.2 Å². The largest absolute Gasteiger partial charge is 0.377 e. The highest BCUT2D eigenvalue weighted by Gasteiger charge is 2.44. The maximum Gasteiger partial charge on any atom is 0.147 e. The molecule has 5 aliphatic heterocycles. The summed E-state index contributed by atoms with van der Waals surface area (Å²) in [5.74, 6) is 0.872. The summed E-state index contributed by atoms with van der Waals surface area (Å²) < 4.78 is 5.47. The maximum atomic E-state index is 9.63. The smallest absolute Gasteiger partial charge is 0.147 e. The lowest BCUT2D eigenvalue weighted by Gasteiger charge is -2.56. The van der Waals surface area contributed by atoms with Gasteiger partial charge in [0.05, 0.1) is 42.6 Å². The van der Waals surface area contributed by atoms with Crippen LogP contribution in [0.2, 0.25) is 0 Å². The van der Waals surface area contributed by atoms with E-state index in [4.69, 9.17) is 20.1 Å². The molecular weight excluding hydrogens is 500 g/mol. The van der Waals surface area contributed by atoms with Crippen LogP contribution >= 0.6 is 0 Å². The van der Waals surface area contributed by atoms with E-state index < -0.39 is 0 Å². The molecule has 3 aromatic rings. The van der Waals surface area contributed by atoms with Crippen molar-refractivity contribution in [2.45, 2.75) is 31.5 Å². The van der Waals surface area contributed by atoms with Crippen LogP contribution in [0, 0.1) is 16.7 Å². The minimum absolute atomic E-state index is 0.250. The van der Waals surface area contributed by atoms with Crippen LogP contribution in [-0.4, -0.2) is 64.5 Å². The van der Waals surface area contributed by atoms with Crippen molar-refractivity contribution in [3.63, 3.8) is 0 Å². The van der Waals surface area contributed by atoms with E-state index in [0.29, 0.717) is 36.7 Å². The molecule has 3 N–H and O–H groups in total. The van der Waals surface area contributed by atoms with E-state index in [9.17, 15) is 5.26 Å². The fourth-order valence-electron chi connectivity index (χ4n) is 6.22. The summed E-state index contributed by atoms with van der Waals surface area (Å²) in [4.78, 5) is 17.8. The number of H-pyrrole nitrogens is 1. The second kappa shape index (κ2) is 10.2. The first-order valence-electron chi connectivity index (χ1n) is 13.7. The second-order valence-electron chi connectivity index (χ2n) is 10.7. The Morgan fingerprint density at radius 3 is 2.85 bits per heavy atom. The Hall–Kier alpha value is -4.52. The molecule has 2 bridgehead atoms. The molecule has 3 saturated heterocycles. The lowest BCUT2D eigenvalue weighted by Crippen LogP contribution is -2.68. The molecule has 0 saturated carbocycles. The molecule has 40 heavy (non-hydrogen) atoms. The summed E-state index contributed by atoms with van der Waals surface area (Å²) in [5, 5.41) is 21.9. The lowest BCUT2D eigenvalue weighted by atomic mass is 9.86. The minimum Gasteiger partial charge on any atom is -0.377 e. The van der Waals surface area contributed by atoms with Crippen molar-refractivity contribution in [2.75, 3.05) is 31.2 Å². The molecule has 200 valence electrons. The highest BCUT2D eigenvalue weighted by atomic mass is 16.5. The van der Waals surface area contributed by atoms with Crippen LogP contribution in [0.15, 0.2) is 83.6 Å². The van der Waals surface area contributed by atoms with E-state index in [1.807, 2.05) is 24.7 Å². The highest BCUT2D eigenvalue weighted by molar-refractivity contribution is 5.92. The Morgan fingerprint density at radius 2 is 2.10 bits per heavy atom. The number of aromatic amines is 1. The molecule has 9 nitrogen and oxygen atoms in total. The van der Waals surface area contributed by atoms with Crippen molar-refractivity contribution in [1.82, 2.24) is 25.2 Å². The number of nitrogens with zero attached hydrogens (tertiary/aromatic N) is 5. The molecule has 0 spiro atoms. The number of piperidine rings is 1. The van der Waals surface area contributed by atoms with Gasteiger partial charge in [0.2, 0.25) is 0 Å². The number of allylic oxidation sites excluding steroid dienone is 4. The molecule has 2 aromatic heterocycles. The number of hydrogen-bond donors (Lipinski definition) is 3. The molecular formula is C31H30N8O. The van der Waals surface area contributed by atoms with E-state index in [1.54, 1.807) is 6.20 Å². The summed E-state index contributed by atoms with van der Waals surface area (Å²) >= 11 is 0. The zero-order valence-corrected chi connectivity index (χ0v) is 22.1. The fraction of sp³-hybridized carbons (Fsp3) is 0.290. The van der Waals surface area contributed by atoms with Crippen molar-refractivity contribution in [3.05, 3.63) is 94.9 Å². The van der Waals surface area contributed by atoms with E-state index in [2.05, 4.69) is 56.5 Å². The third kappa shape index (κ3) is 4.41. The number of fused-ring (bicyclic) bond motifs is 3. The van der Waals surface area contributed by atoms with Crippen LogP contribution < -0.4 is 10.2 Å². The number of nitriles is 1. The lowest BCUT2D eigenvalue weighted by molar-refractivity contribution is -0.00867. The number of anilines is 1. The number of rotatable bonds is 6. The molecule has 0 radical (unpaired) electrons. The van der Waals surface area contributed by atoms with Crippen LogP contribution in [0.1, 0.15) is 24.1 Å². The number of aromatic nitrogens is 3. The number of hydrogen-bond acceptors (Lipinski definition) is 8. The second-order valence-corrected chi connectivity index (χ2v) is 10.7. The van der Waals surface area contributed by atoms with E-state index >= 15 is 0 Å². The first kappa shape index (κ1) is 24.5. The van der Waals surface area contributed by atoms with Crippen LogP contribution in [0.25, 0.3) is 16.5 Å². The quantitative estimate of drug-likeness (QED) is 0.325. The maximum absolute atomic E-state index is 9.63. The highest BCUT2D eigenvalue weighted by Crippen LogP contribution is 2.36.